The monoisotopic (exact) mass is 302 g/mol. The zero-order chi connectivity index (χ0) is 15.0. The number of halogens is 1. The van der Waals surface area contributed by atoms with Crippen LogP contribution in [0, 0.1) is 5.82 Å². The van der Waals surface area contributed by atoms with Gasteiger partial charge in [0.15, 0.2) is 0 Å². The van der Waals surface area contributed by atoms with Crippen molar-refractivity contribution in [2.45, 2.75) is 26.7 Å². The average Bonchev–Trinajstić information content (AvgIpc) is 2.38. The molecule has 0 fully saturated rings. The van der Waals surface area contributed by atoms with Gasteiger partial charge in [0.25, 0.3) is 0 Å². The van der Waals surface area contributed by atoms with Gasteiger partial charge in [-0.05, 0) is 38.0 Å². The predicted molar refractivity (Wildman–Crippen MR) is 75.5 cm³/mol. The Morgan fingerprint density at radius 1 is 1.15 bits per heavy atom. The minimum absolute atomic E-state index is 0.181. The molecule has 112 valence electrons. The standard InChI is InChI=1S/C14H20FO4P/c1-3-18-20(17,19-4-2)11-14(16)10-7-12-5-8-13(15)9-6-12/h5-6,8-9H,3-4,7,10-11H2,1-2H3. The number of benzene rings is 1. The van der Waals surface area contributed by atoms with Gasteiger partial charge in [-0.15, -0.1) is 0 Å². The van der Waals surface area contributed by atoms with Gasteiger partial charge < -0.3 is 9.05 Å². The highest BCUT2D eigenvalue weighted by molar-refractivity contribution is 7.54. The van der Waals surface area contributed by atoms with Crippen LogP contribution < -0.4 is 0 Å². The lowest BCUT2D eigenvalue weighted by Crippen LogP contribution is -2.10. The molecule has 0 aromatic heterocycles. The molecule has 0 aliphatic rings. The van der Waals surface area contributed by atoms with Gasteiger partial charge in [0.2, 0.25) is 0 Å². The van der Waals surface area contributed by atoms with Gasteiger partial charge >= 0.3 is 7.60 Å². The fourth-order valence-corrected chi connectivity index (χ4v) is 3.39. The summed E-state index contributed by atoms with van der Waals surface area (Å²) >= 11 is 0. The minimum atomic E-state index is -3.31. The molecule has 1 aromatic carbocycles. The Morgan fingerprint density at radius 3 is 2.20 bits per heavy atom. The number of ketones is 1. The fourth-order valence-electron chi connectivity index (χ4n) is 1.75. The van der Waals surface area contributed by atoms with Crippen LogP contribution in [0.15, 0.2) is 24.3 Å². The first-order valence-corrected chi connectivity index (χ1v) is 8.36. The SMILES string of the molecule is CCOP(=O)(CC(=O)CCc1ccc(F)cc1)OCC. The summed E-state index contributed by atoms with van der Waals surface area (Å²) in [7, 11) is -3.31. The summed E-state index contributed by atoms with van der Waals surface area (Å²) in [5, 5.41) is 0. The second-order valence-electron chi connectivity index (χ2n) is 4.27. The van der Waals surface area contributed by atoms with Crippen LogP contribution in [0.3, 0.4) is 0 Å². The summed E-state index contributed by atoms with van der Waals surface area (Å²) in [6.45, 7) is 3.88. The highest BCUT2D eigenvalue weighted by Gasteiger charge is 2.27. The maximum atomic E-state index is 12.7. The zero-order valence-electron chi connectivity index (χ0n) is 11.8. The van der Waals surface area contributed by atoms with Crippen molar-refractivity contribution >= 4 is 13.4 Å². The smallest absolute Gasteiger partial charge is 0.309 e. The predicted octanol–water partition coefficient (Wildman–Crippen LogP) is 3.59. The largest absolute Gasteiger partial charge is 0.338 e. The topological polar surface area (TPSA) is 52.6 Å². The number of carbonyl (C=O) groups is 1. The van der Waals surface area contributed by atoms with Crippen LogP contribution in [-0.2, 0) is 24.8 Å². The van der Waals surface area contributed by atoms with Gasteiger partial charge in [0.05, 0.1) is 13.2 Å². The van der Waals surface area contributed by atoms with Gasteiger partial charge in [-0.1, -0.05) is 12.1 Å². The second-order valence-corrected chi connectivity index (χ2v) is 6.32. The van der Waals surface area contributed by atoms with E-state index < -0.39 is 7.60 Å². The molecule has 0 saturated carbocycles. The Labute approximate surface area is 118 Å². The first-order valence-electron chi connectivity index (χ1n) is 6.63. The summed E-state index contributed by atoms with van der Waals surface area (Å²) in [5.41, 5.74) is 0.863. The molecule has 6 heteroatoms. The van der Waals surface area contributed by atoms with Crippen molar-refractivity contribution in [2.75, 3.05) is 19.4 Å². The lowest BCUT2D eigenvalue weighted by molar-refractivity contribution is -0.116. The Hall–Kier alpha value is -1.03. The highest BCUT2D eigenvalue weighted by atomic mass is 31.2. The quantitative estimate of drug-likeness (QED) is 0.654. The van der Waals surface area contributed by atoms with Crippen LogP contribution in [0.5, 0.6) is 0 Å². The second kappa shape index (κ2) is 8.30. The van der Waals surface area contributed by atoms with Crippen molar-refractivity contribution < 1.29 is 22.8 Å². The van der Waals surface area contributed by atoms with Crippen LogP contribution >= 0.6 is 7.60 Å². The van der Waals surface area contributed by atoms with Crippen LogP contribution in [0.1, 0.15) is 25.8 Å². The van der Waals surface area contributed by atoms with Crippen LogP contribution in [0.2, 0.25) is 0 Å². The third-order valence-corrected chi connectivity index (χ3v) is 4.67. The molecule has 0 spiro atoms. The van der Waals surface area contributed by atoms with Crippen molar-refractivity contribution in [3.05, 3.63) is 35.6 Å². The molecule has 20 heavy (non-hydrogen) atoms. The summed E-state index contributed by atoms with van der Waals surface area (Å²) in [5.74, 6) is -0.489. The van der Waals surface area contributed by atoms with E-state index in [1.165, 1.54) is 12.1 Å². The van der Waals surface area contributed by atoms with E-state index in [0.717, 1.165) is 5.56 Å². The van der Waals surface area contributed by atoms with Gasteiger partial charge in [0.1, 0.15) is 17.8 Å². The summed E-state index contributed by atoms with van der Waals surface area (Å²) < 4.78 is 35.0. The molecule has 0 atom stereocenters. The van der Waals surface area contributed by atoms with Gasteiger partial charge in [0, 0.05) is 6.42 Å². The number of carbonyl (C=O) groups excluding carboxylic acids is 1. The van der Waals surface area contributed by atoms with E-state index in [0.29, 0.717) is 6.42 Å². The molecule has 0 saturated heterocycles. The van der Waals surface area contributed by atoms with E-state index in [1.54, 1.807) is 26.0 Å². The van der Waals surface area contributed by atoms with Crippen molar-refractivity contribution in [1.82, 2.24) is 0 Å². The molecule has 0 N–H and O–H groups in total. The molecule has 0 unspecified atom stereocenters. The molecular weight excluding hydrogens is 282 g/mol. The highest BCUT2D eigenvalue weighted by Crippen LogP contribution is 2.47. The third kappa shape index (κ3) is 5.95. The van der Waals surface area contributed by atoms with Gasteiger partial charge in [-0.2, -0.15) is 0 Å². The van der Waals surface area contributed by atoms with Crippen LogP contribution in [0.25, 0.3) is 0 Å². The molecule has 0 radical (unpaired) electrons. The Kier molecular flexibility index (Phi) is 7.06. The normalized spacial score (nSPS) is 11.6. The van der Waals surface area contributed by atoms with Crippen molar-refractivity contribution in [3.63, 3.8) is 0 Å². The zero-order valence-corrected chi connectivity index (χ0v) is 12.7. The maximum absolute atomic E-state index is 12.7. The third-order valence-electron chi connectivity index (χ3n) is 2.63. The number of hydrogen-bond acceptors (Lipinski definition) is 4. The fraction of sp³-hybridized carbons (Fsp3) is 0.500. The first kappa shape index (κ1) is 17.0. The van der Waals surface area contributed by atoms with E-state index in [1.807, 2.05) is 0 Å². The summed E-state index contributed by atoms with van der Waals surface area (Å²) in [4.78, 5) is 11.8. The van der Waals surface area contributed by atoms with E-state index in [2.05, 4.69) is 0 Å². The Morgan fingerprint density at radius 2 is 1.70 bits per heavy atom. The van der Waals surface area contributed by atoms with E-state index >= 15 is 0 Å². The van der Waals surface area contributed by atoms with Crippen molar-refractivity contribution in [2.24, 2.45) is 0 Å². The molecule has 4 nitrogen and oxygen atoms in total. The lowest BCUT2D eigenvalue weighted by atomic mass is 10.1. The molecule has 0 amide bonds. The number of aryl methyl sites for hydroxylation is 1. The number of rotatable bonds is 9. The van der Waals surface area contributed by atoms with Crippen molar-refractivity contribution in [1.29, 1.82) is 0 Å². The first-order chi connectivity index (χ1) is 9.49. The molecule has 0 bridgehead atoms. The lowest BCUT2D eigenvalue weighted by Gasteiger charge is -2.16. The summed E-state index contributed by atoms with van der Waals surface area (Å²) in [6.07, 6.45) is 0.503. The maximum Gasteiger partial charge on any atom is 0.338 e. The summed E-state index contributed by atoms with van der Waals surface area (Å²) in [6, 6.07) is 5.97. The van der Waals surface area contributed by atoms with Crippen LogP contribution in [-0.4, -0.2) is 25.2 Å². The van der Waals surface area contributed by atoms with Gasteiger partial charge in [-0.3, -0.25) is 9.36 Å². The Balaban J connectivity index is 2.49. The van der Waals surface area contributed by atoms with Crippen molar-refractivity contribution in [3.8, 4) is 0 Å². The van der Waals surface area contributed by atoms with Crippen LogP contribution in [0.4, 0.5) is 4.39 Å². The molecule has 0 aliphatic carbocycles. The van der Waals surface area contributed by atoms with Gasteiger partial charge in [-0.25, -0.2) is 4.39 Å². The molecule has 1 rings (SSSR count). The molecule has 0 aliphatic heterocycles. The Bertz CT molecular complexity index is 463. The van der Waals surface area contributed by atoms with E-state index in [9.17, 15) is 13.8 Å². The molecular formula is C14H20FO4P. The average molecular weight is 302 g/mol. The van der Waals surface area contributed by atoms with E-state index in [4.69, 9.17) is 9.05 Å². The molecule has 1 aromatic rings. The van der Waals surface area contributed by atoms with E-state index in [-0.39, 0.29) is 37.4 Å². The minimum Gasteiger partial charge on any atom is -0.309 e. The number of Topliss-reactive ketones (excluding diaryl/α,β-unsaturated/α-hetero) is 1. The molecule has 0 heterocycles. The number of hydrogen-bond donors (Lipinski definition) is 0.